The molecule has 1 N–H and O–H groups in total. The maximum absolute atomic E-state index is 12.4. The molecular formula is C19H24N4O2S. The zero-order chi connectivity index (χ0) is 18.7. The van der Waals surface area contributed by atoms with E-state index in [4.69, 9.17) is 0 Å². The van der Waals surface area contributed by atoms with Crippen molar-refractivity contribution >= 4 is 34.0 Å². The first kappa shape index (κ1) is 18.5. The molecule has 2 amide bonds. The summed E-state index contributed by atoms with van der Waals surface area (Å²) in [5.74, 6) is 0.0886. The molecule has 3 rings (SSSR count). The molecule has 0 saturated carbocycles. The first-order valence-corrected chi connectivity index (χ1v) is 9.84. The average molecular weight is 372 g/mol. The lowest BCUT2D eigenvalue weighted by molar-refractivity contribution is -0.120. The first-order chi connectivity index (χ1) is 12.5. The van der Waals surface area contributed by atoms with Gasteiger partial charge in [0.1, 0.15) is 5.01 Å². The summed E-state index contributed by atoms with van der Waals surface area (Å²) < 4.78 is 0. The van der Waals surface area contributed by atoms with Gasteiger partial charge in [0.15, 0.2) is 0 Å². The van der Waals surface area contributed by atoms with Crippen LogP contribution in [0.25, 0.3) is 0 Å². The van der Waals surface area contributed by atoms with Gasteiger partial charge in [-0.1, -0.05) is 42.9 Å². The van der Waals surface area contributed by atoms with Crippen LogP contribution in [0.1, 0.15) is 49.6 Å². The maximum atomic E-state index is 12.4. The minimum Gasteiger partial charge on any atom is -0.312 e. The van der Waals surface area contributed by atoms with Crippen LogP contribution in [0.5, 0.6) is 0 Å². The van der Waals surface area contributed by atoms with Crippen LogP contribution in [-0.4, -0.2) is 28.6 Å². The molecule has 1 aliphatic heterocycles. The Kier molecular flexibility index (Phi) is 5.66. The van der Waals surface area contributed by atoms with E-state index < -0.39 is 0 Å². The number of aryl methyl sites for hydroxylation is 1. The highest BCUT2D eigenvalue weighted by atomic mass is 32.1. The summed E-state index contributed by atoms with van der Waals surface area (Å²) in [5, 5.41) is 12.5. The summed E-state index contributed by atoms with van der Waals surface area (Å²) in [6.07, 6.45) is 2.02. The molecule has 26 heavy (non-hydrogen) atoms. The van der Waals surface area contributed by atoms with E-state index in [1.165, 1.54) is 16.9 Å². The second-order valence-electron chi connectivity index (χ2n) is 6.69. The van der Waals surface area contributed by atoms with E-state index in [2.05, 4.69) is 15.5 Å². The Bertz CT molecular complexity index is 783. The number of carbonyl (C=O) groups excluding carboxylic acids is 2. The molecule has 2 heterocycles. The van der Waals surface area contributed by atoms with E-state index in [1.807, 2.05) is 45.0 Å². The van der Waals surface area contributed by atoms with Gasteiger partial charge in [0.25, 0.3) is 0 Å². The number of carbonyl (C=O) groups is 2. The van der Waals surface area contributed by atoms with Gasteiger partial charge < -0.3 is 10.2 Å². The molecule has 138 valence electrons. The molecule has 0 spiro atoms. The highest BCUT2D eigenvalue weighted by Gasteiger charge is 2.34. The van der Waals surface area contributed by atoms with Crippen molar-refractivity contribution in [3.05, 3.63) is 34.8 Å². The second kappa shape index (κ2) is 7.95. The van der Waals surface area contributed by atoms with Gasteiger partial charge in [-0.25, -0.2) is 0 Å². The number of rotatable bonds is 6. The molecule has 1 aliphatic rings. The van der Waals surface area contributed by atoms with Gasteiger partial charge in [-0.05, 0) is 31.9 Å². The molecular weight excluding hydrogens is 348 g/mol. The van der Waals surface area contributed by atoms with E-state index >= 15 is 0 Å². The van der Waals surface area contributed by atoms with Crippen LogP contribution in [0.2, 0.25) is 0 Å². The van der Waals surface area contributed by atoms with Crippen LogP contribution in [-0.2, 0) is 9.59 Å². The highest BCUT2D eigenvalue weighted by molar-refractivity contribution is 7.15. The second-order valence-corrected chi connectivity index (χ2v) is 7.70. The molecule has 6 nitrogen and oxygen atoms in total. The molecule has 1 fully saturated rings. The van der Waals surface area contributed by atoms with Gasteiger partial charge in [-0.2, -0.15) is 0 Å². The van der Waals surface area contributed by atoms with E-state index in [-0.39, 0.29) is 23.7 Å². The van der Waals surface area contributed by atoms with Gasteiger partial charge in [-0.3, -0.25) is 9.59 Å². The Balaban J connectivity index is 1.67. The Morgan fingerprint density at radius 1 is 1.27 bits per heavy atom. The van der Waals surface area contributed by atoms with Crippen molar-refractivity contribution in [2.45, 2.75) is 46.0 Å². The first-order valence-electron chi connectivity index (χ1n) is 9.03. The predicted octanol–water partition coefficient (Wildman–Crippen LogP) is 3.74. The monoisotopic (exact) mass is 372 g/mol. The summed E-state index contributed by atoms with van der Waals surface area (Å²) in [6, 6.07) is 7.95. The topological polar surface area (TPSA) is 75.2 Å². The fraction of sp³-hybridized carbons (Fsp3) is 0.474. The van der Waals surface area contributed by atoms with Crippen molar-refractivity contribution in [2.24, 2.45) is 5.92 Å². The fourth-order valence-electron chi connectivity index (χ4n) is 3.16. The molecule has 2 aromatic rings. The number of hydrogen-bond acceptors (Lipinski definition) is 5. The standard InChI is InChI=1S/C19H24N4O2S/c1-4-13(5-2)17(25)20-19-22-21-18(26-19)14-10-16(24)23(11-14)15-8-6-12(3)7-9-15/h6-9,13-14H,4-5,10-11H2,1-3H3,(H,20,22,25)/t14-/m0/s1. The minimum absolute atomic E-state index is 0.00700. The van der Waals surface area contributed by atoms with Crippen molar-refractivity contribution in [3.63, 3.8) is 0 Å². The lowest BCUT2D eigenvalue weighted by atomic mass is 10.0. The Hall–Kier alpha value is -2.28. The lowest BCUT2D eigenvalue weighted by Gasteiger charge is -2.16. The lowest BCUT2D eigenvalue weighted by Crippen LogP contribution is -2.24. The summed E-state index contributed by atoms with van der Waals surface area (Å²) in [4.78, 5) is 26.4. The van der Waals surface area contributed by atoms with Gasteiger partial charge in [0.2, 0.25) is 16.9 Å². The maximum Gasteiger partial charge on any atom is 0.229 e. The van der Waals surface area contributed by atoms with E-state index in [0.717, 1.165) is 23.5 Å². The highest BCUT2D eigenvalue weighted by Crippen LogP contribution is 2.34. The van der Waals surface area contributed by atoms with E-state index in [9.17, 15) is 9.59 Å². The Morgan fingerprint density at radius 2 is 1.96 bits per heavy atom. The minimum atomic E-state index is -0.0125. The van der Waals surface area contributed by atoms with Gasteiger partial charge in [-0.15, -0.1) is 10.2 Å². The van der Waals surface area contributed by atoms with Gasteiger partial charge in [0.05, 0.1) is 0 Å². The summed E-state index contributed by atoms with van der Waals surface area (Å²) in [7, 11) is 0. The summed E-state index contributed by atoms with van der Waals surface area (Å²) >= 11 is 1.37. The number of nitrogens with zero attached hydrogens (tertiary/aromatic N) is 3. The zero-order valence-corrected chi connectivity index (χ0v) is 16.2. The van der Waals surface area contributed by atoms with Gasteiger partial charge >= 0.3 is 0 Å². The predicted molar refractivity (Wildman–Crippen MR) is 104 cm³/mol. The zero-order valence-electron chi connectivity index (χ0n) is 15.4. The molecule has 1 aromatic carbocycles. The molecule has 0 radical (unpaired) electrons. The summed E-state index contributed by atoms with van der Waals surface area (Å²) in [6.45, 7) is 6.63. The number of hydrogen-bond donors (Lipinski definition) is 1. The van der Waals surface area contributed by atoms with Crippen LogP contribution < -0.4 is 10.2 Å². The van der Waals surface area contributed by atoms with Gasteiger partial charge in [0, 0.05) is 30.5 Å². The Morgan fingerprint density at radius 3 is 2.62 bits per heavy atom. The van der Waals surface area contributed by atoms with Crippen molar-refractivity contribution in [2.75, 3.05) is 16.8 Å². The molecule has 1 saturated heterocycles. The number of aromatic nitrogens is 2. The number of nitrogens with one attached hydrogen (secondary N) is 1. The third kappa shape index (κ3) is 3.93. The van der Waals surface area contributed by atoms with Crippen molar-refractivity contribution in [1.29, 1.82) is 0 Å². The molecule has 0 bridgehead atoms. The Labute approximate surface area is 157 Å². The number of benzene rings is 1. The third-order valence-corrected chi connectivity index (χ3v) is 5.85. The van der Waals surface area contributed by atoms with E-state index in [0.29, 0.717) is 18.1 Å². The fourth-order valence-corrected chi connectivity index (χ4v) is 4.00. The van der Waals surface area contributed by atoms with Crippen molar-refractivity contribution in [3.8, 4) is 0 Å². The van der Waals surface area contributed by atoms with Crippen LogP contribution in [0.3, 0.4) is 0 Å². The van der Waals surface area contributed by atoms with Crippen LogP contribution in [0.15, 0.2) is 24.3 Å². The van der Waals surface area contributed by atoms with Crippen molar-refractivity contribution < 1.29 is 9.59 Å². The molecule has 7 heteroatoms. The summed E-state index contributed by atoms with van der Waals surface area (Å²) in [5.41, 5.74) is 2.08. The van der Waals surface area contributed by atoms with Crippen molar-refractivity contribution in [1.82, 2.24) is 10.2 Å². The molecule has 1 atom stereocenters. The van der Waals surface area contributed by atoms with Crippen LogP contribution in [0.4, 0.5) is 10.8 Å². The van der Waals surface area contributed by atoms with Crippen LogP contribution in [0, 0.1) is 12.8 Å². The third-order valence-electron chi connectivity index (χ3n) is 4.85. The normalized spacial score (nSPS) is 17.2. The smallest absolute Gasteiger partial charge is 0.229 e. The quantitative estimate of drug-likeness (QED) is 0.838. The molecule has 1 aromatic heterocycles. The van der Waals surface area contributed by atoms with Crippen LogP contribution >= 0.6 is 11.3 Å². The number of amides is 2. The average Bonchev–Trinajstić information content (AvgIpc) is 3.23. The number of anilines is 2. The molecule has 0 unspecified atom stereocenters. The molecule has 0 aliphatic carbocycles. The van der Waals surface area contributed by atoms with E-state index in [1.54, 1.807) is 4.90 Å². The SMILES string of the molecule is CCC(CC)C(=O)Nc1nnc([C@H]2CC(=O)N(c3ccc(C)cc3)C2)s1. The largest absolute Gasteiger partial charge is 0.312 e.